The van der Waals surface area contributed by atoms with Crippen molar-refractivity contribution in [1.82, 2.24) is 14.9 Å². The first-order valence-electron chi connectivity index (χ1n) is 5.75. The van der Waals surface area contributed by atoms with Crippen molar-refractivity contribution in [1.29, 1.82) is 0 Å². The minimum absolute atomic E-state index is 0.140. The lowest BCUT2D eigenvalue weighted by Gasteiger charge is -2.33. The number of carbonyl (C=O) groups is 1. The van der Waals surface area contributed by atoms with Gasteiger partial charge in [-0.15, -0.1) is 0 Å². The van der Waals surface area contributed by atoms with Gasteiger partial charge in [-0.05, 0) is 13.1 Å². The van der Waals surface area contributed by atoms with E-state index in [-0.39, 0.29) is 11.4 Å². The van der Waals surface area contributed by atoms with Crippen molar-refractivity contribution in [2.75, 3.05) is 44.4 Å². The van der Waals surface area contributed by atoms with E-state index in [4.69, 9.17) is 10.8 Å². The van der Waals surface area contributed by atoms with Crippen molar-refractivity contribution in [3.8, 4) is 0 Å². The van der Waals surface area contributed by atoms with E-state index in [0.717, 1.165) is 26.2 Å². The molecule has 7 heteroatoms. The number of pyridine rings is 1. The summed E-state index contributed by atoms with van der Waals surface area (Å²) in [5.41, 5.74) is 9.19. The molecular formula is C11H17N5O2. The Bertz CT molecular complexity index is 443. The highest BCUT2D eigenvalue weighted by Gasteiger charge is 2.17. The van der Waals surface area contributed by atoms with E-state index in [1.54, 1.807) is 0 Å². The third kappa shape index (κ3) is 2.88. The summed E-state index contributed by atoms with van der Waals surface area (Å²) in [5.74, 6) is -0.808. The van der Waals surface area contributed by atoms with Gasteiger partial charge in [0.15, 0.2) is 0 Å². The zero-order valence-electron chi connectivity index (χ0n) is 10.3. The molecule has 0 spiro atoms. The first-order valence-corrected chi connectivity index (χ1v) is 5.75. The van der Waals surface area contributed by atoms with Crippen molar-refractivity contribution in [2.24, 2.45) is 0 Å². The number of hydrogen-bond donors (Lipinski definition) is 3. The van der Waals surface area contributed by atoms with E-state index in [0.29, 0.717) is 5.69 Å². The first-order chi connectivity index (χ1) is 8.56. The number of aromatic carboxylic acids is 1. The molecular weight excluding hydrogens is 234 g/mol. The summed E-state index contributed by atoms with van der Waals surface area (Å²) >= 11 is 0. The van der Waals surface area contributed by atoms with Gasteiger partial charge in [-0.1, -0.05) is 0 Å². The number of likely N-dealkylation sites (N-methyl/N-ethyl adjacent to an activating group) is 1. The fraction of sp³-hybridized carbons (Fsp3) is 0.455. The molecule has 0 saturated carbocycles. The Kier molecular flexibility index (Phi) is 3.63. The Balaban J connectivity index is 2.11. The summed E-state index contributed by atoms with van der Waals surface area (Å²) in [6.07, 6.45) is 1.46. The minimum atomic E-state index is -1.01. The standard InChI is InChI=1S/C11H17N5O2/c1-15-2-4-16(5-3-15)14-9-7-13-10(12)6-8(9)11(17)18/h6-7,14H,2-5H2,1H3,(H2,12,13)(H,17,18). The third-order valence-electron chi connectivity index (χ3n) is 2.94. The van der Waals surface area contributed by atoms with Crippen LogP contribution < -0.4 is 11.2 Å². The van der Waals surface area contributed by atoms with Gasteiger partial charge >= 0.3 is 5.97 Å². The number of nitrogen functional groups attached to an aromatic ring is 1. The highest BCUT2D eigenvalue weighted by atomic mass is 16.4. The van der Waals surface area contributed by atoms with Crippen LogP contribution in [0, 0.1) is 0 Å². The van der Waals surface area contributed by atoms with Crippen LogP contribution in [0.1, 0.15) is 10.4 Å². The molecule has 1 aliphatic heterocycles. The summed E-state index contributed by atoms with van der Waals surface area (Å²) in [5, 5.41) is 11.1. The number of aromatic nitrogens is 1. The van der Waals surface area contributed by atoms with Crippen LogP contribution in [0.25, 0.3) is 0 Å². The van der Waals surface area contributed by atoms with Crippen LogP contribution >= 0.6 is 0 Å². The SMILES string of the molecule is CN1CCN(Nc2cnc(N)cc2C(=O)O)CC1. The molecule has 0 bridgehead atoms. The Morgan fingerprint density at radius 2 is 2.11 bits per heavy atom. The largest absolute Gasteiger partial charge is 0.478 e. The number of anilines is 2. The molecule has 1 aromatic rings. The fourth-order valence-corrected chi connectivity index (χ4v) is 1.83. The number of hydrogen-bond acceptors (Lipinski definition) is 6. The van der Waals surface area contributed by atoms with E-state index in [2.05, 4.69) is 22.4 Å². The van der Waals surface area contributed by atoms with Crippen LogP contribution in [0.15, 0.2) is 12.3 Å². The molecule has 1 saturated heterocycles. The number of nitrogens with two attached hydrogens (primary N) is 1. The van der Waals surface area contributed by atoms with Crippen molar-refractivity contribution in [2.45, 2.75) is 0 Å². The molecule has 0 amide bonds. The van der Waals surface area contributed by atoms with Gasteiger partial charge in [-0.3, -0.25) is 0 Å². The maximum Gasteiger partial charge on any atom is 0.338 e. The van der Waals surface area contributed by atoms with Crippen LogP contribution in [-0.2, 0) is 0 Å². The fourth-order valence-electron chi connectivity index (χ4n) is 1.83. The molecule has 4 N–H and O–H groups in total. The lowest BCUT2D eigenvalue weighted by Crippen LogP contribution is -2.47. The van der Waals surface area contributed by atoms with E-state index in [1.807, 2.05) is 5.01 Å². The molecule has 0 unspecified atom stereocenters. The topological polar surface area (TPSA) is 94.7 Å². The van der Waals surface area contributed by atoms with E-state index >= 15 is 0 Å². The zero-order valence-corrected chi connectivity index (χ0v) is 10.3. The van der Waals surface area contributed by atoms with Gasteiger partial charge < -0.3 is 21.2 Å². The highest BCUT2D eigenvalue weighted by molar-refractivity contribution is 5.94. The molecule has 0 radical (unpaired) electrons. The second-order valence-corrected chi connectivity index (χ2v) is 4.36. The van der Waals surface area contributed by atoms with Gasteiger partial charge in [0.25, 0.3) is 0 Å². The zero-order chi connectivity index (χ0) is 13.1. The molecule has 1 aromatic heterocycles. The van der Waals surface area contributed by atoms with Crippen molar-refractivity contribution < 1.29 is 9.90 Å². The average Bonchev–Trinajstić information content (AvgIpc) is 2.34. The van der Waals surface area contributed by atoms with Gasteiger partial charge in [0.05, 0.1) is 17.4 Å². The van der Waals surface area contributed by atoms with Crippen molar-refractivity contribution >= 4 is 17.5 Å². The van der Waals surface area contributed by atoms with E-state index in [1.165, 1.54) is 12.3 Å². The Hall–Kier alpha value is -1.86. The predicted molar refractivity (Wildman–Crippen MR) is 68.3 cm³/mol. The summed E-state index contributed by atoms with van der Waals surface area (Å²) in [6.45, 7) is 3.55. The van der Waals surface area contributed by atoms with Crippen LogP contribution in [-0.4, -0.2) is 59.2 Å². The van der Waals surface area contributed by atoms with Gasteiger partial charge in [0.2, 0.25) is 0 Å². The summed E-state index contributed by atoms with van der Waals surface area (Å²) in [4.78, 5) is 17.3. The average molecular weight is 251 g/mol. The molecule has 2 heterocycles. The number of rotatable bonds is 3. The summed E-state index contributed by atoms with van der Waals surface area (Å²) in [7, 11) is 2.06. The molecule has 0 aliphatic carbocycles. The van der Waals surface area contributed by atoms with Gasteiger partial charge in [0, 0.05) is 26.2 Å². The molecule has 1 aliphatic rings. The number of carboxylic acid groups (broad SMARTS) is 1. The predicted octanol–water partition coefficient (Wildman–Crippen LogP) is -0.0637. The van der Waals surface area contributed by atoms with Gasteiger partial charge in [-0.2, -0.15) is 0 Å². The highest BCUT2D eigenvalue weighted by Crippen LogP contribution is 2.17. The number of piperazine rings is 1. The van der Waals surface area contributed by atoms with E-state index in [9.17, 15) is 4.79 Å². The first kappa shape index (κ1) is 12.6. The second-order valence-electron chi connectivity index (χ2n) is 4.36. The molecule has 0 atom stereocenters. The second kappa shape index (κ2) is 5.19. The summed E-state index contributed by atoms with van der Waals surface area (Å²) < 4.78 is 0. The lowest BCUT2D eigenvalue weighted by atomic mass is 10.2. The Morgan fingerprint density at radius 1 is 1.44 bits per heavy atom. The molecule has 1 fully saturated rings. The molecule has 7 nitrogen and oxygen atoms in total. The summed E-state index contributed by atoms with van der Waals surface area (Å²) in [6, 6.07) is 1.36. The van der Waals surface area contributed by atoms with Gasteiger partial charge in [0.1, 0.15) is 5.82 Å². The van der Waals surface area contributed by atoms with Crippen molar-refractivity contribution in [3.63, 3.8) is 0 Å². The maximum atomic E-state index is 11.1. The third-order valence-corrected chi connectivity index (χ3v) is 2.94. The normalized spacial score (nSPS) is 17.6. The number of nitrogens with zero attached hydrogens (tertiary/aromatic N) is 3. The van der Waals surface area contributed by atoms with Crippen LogP contribution in [0.5, 0.6) is 0 Å². The molecule has 98 valence electrons. The van der Waals surface area contributed by atoms with Crippen LogP contribution in [0.2, 0.25) is 0 Å². The lowest BCUT2D eigenvalue weighted by molar-refractivity contribution is 0.0697. The minimum Gasteiger partial charge on any atom is -0.478 e. The van der Waals surface area contributed by atoms with Crippen molar-refractivity contribution in [3.05, 3.63) is 17.8 Å². The molecule has 2 rings (SSSR count). The van der Waals surface area contributed by atoms with Gasteiger partial charge in [-0.25, -0.2) is 14.8 Å². The Morgan fingerprint density at radius 3 is 2.72 bits per heavy atom. The monoisotopic (exact) mass is 251 g/mol. The smallest absolute Gasteiger partial charge is 0.338 e. The number of carboxylic acids is 1. The molecule has 0 aromatic carbocycles. The van der Waals surface area contributed by atoms with Crippen LogP contribution in [0.4, 0.5) is 11.5 Å². The number of nitrogens with one attached hydrogen (secondary N) is 1. The maximum absolute atomic E-state index is 11.1. The van der Waals surface area contributed by atoms with E-state index < -0.39 is 5.97 Å². The molecule has 18 heavy (non-hydrogen) atoms. The Labute approximate surface area is 105 Å². The van der Waals surface area contributed by atoms with Crippen LogP contribution in [0.3, 0.4) is 0 Å². The number of hydrazine groups is 1. The quantitative estimate of drug-likeness (QED) is 0.692.